The predicted molar refractivity (Wildman–Crippen MR) is 93.8 cm³/mol. The summed E-state index contributed by atoms with van der Waals surface area (Å²) in [6, 6.07) is 15.8. The van der Waals surface area contributed by atoms with E-state index in [-0.39, 0.29) is 0 Å². The Hall–Kier alpha value is -1.81. The van der Waals surface area contributed by atoms with Gasteiger partial charge in [-0.25, -0.2) is 0 Å². The third-order valence-corrected chi connectivity index (χ3v) is 5.77. The van der Waals surface area contributed by atoms with Gasteiger partial charge in [-0.3, -0.25) is 0 Å². The van der Waals surface area contributed by atoms with Crippen LogP contribution in [0.1, 0.15) is 49.0 Å². The lowest BCUT2D eigenvalue weighted by Crippen LogP contribution is -2.02. The molecular formula is C19H19N3S. The fourth-order valence-corrected chi connectivity index (χ4v) is 4.26. The van der Waals surface area contributed by atoms with Crippen molar-refractivity contribution in [2.75, 3.05) is 0 Å². The molecule has 0 N–H and O–H groups in total. The van der Waals surface area contributed by atoms with Crippen LogP contribution < -0.4 is 0 Å². The minimum Gasteiger partial charge on any atom is -0.303 e. The van der Waals surface area contributed by atoms with E-state index in [1.807, 2.05) is 11.8 Å². The van der Waals surface area contributed by atoms with Crippen molar-refractivity contribution in [1.29, 1.82) is 0 Å². The van der Waals surface area contributed by atoms with Crippen molar-refractivity contribution in [1.82, 2.24) is 14.8 Å². The molecule has 0 bridgehead atoms. The fraction of sp³-hybridized carbons (Fsp3) is 0.368. The Labute approximate surface area is 140 Å². The van der Waals surface area contributed by atoms with E-state index in [1.165, 1.54) is 47.8 Å². The van der Waals surface area contributed by atoms with Crippen LogP contribution in [0, 0.1) is 0 Å². The highest BCUT2D eigenvalue weighted by atomic mass is 32.2. The second kappa shape index (κ2) is 5.38. The van der Waals surface area contributed by atoms with E-state index in [1.54, 1.807) is 0 Å². The summed E-state index contributed by atoms with van der Waals surface area (Å²) in [6.45, 7) is 0. The van der Waals surface area contributed by atoms with Crippen molar-refractivity contribution < 1.29 is 0 Å². The summed E-state index contributed by atoms with van der Waals surface area (Å²) >= 11 is 1.84. The van der Waals surface area contributed by atoms with Gasteiger partial charge < -0.3 is 4.57 Å². The molecule has 0 spiro atoms. The van der Waals surface area contributed by atoms with Crippen molar-refractivity contribution in [3.8, 4) is 0 Å². The quantitative estimate of drug-likeness (QED) is 0.624. The molecule has 0 saturated heterocycles. The molecular weight excluding hydrogens is 302 g/mol. The number of aromatic nitrogens is 3. The Morgan fingerprint density at radius 3 is 2.61 bits per heavy atom. The standard InChI is InChI=1S/C19H19N3S/c1-2-7-17-13(4-1)5-3-6-15(17)12-23-19-21-20-18(14-8-9-14)22(19)16-10-11-16/h1-7,14,16H,8-12H2. The SMILES string of the molecule is c1ccc2c(CSc3nnc(C4CC4)n3C3CC3)cccc2c1. The number of fused-ring (bicyclic) bond motifs is 1. The van der Waals surface area contributed by atoms with Crippen molar-refractivity contribution >= 4 is 22.5 Å². The van der Waals surface area contributed by atoms with Crippen LogP contribution in [0.3, 0.4) is 0 Å². The molecule has 1 heterocycles. The maximum atomic E-state index is 4.51. The lowest BCUT2D eigenvalue weighted by Gasteiger charge is -2.09. The van der Waals surface area contributed by atoms with Crippen LogP contribution in [0.2, 0.25) is 0 Å². The number of benzene rings is 2. The van der Waals surface area contributed by atoms with E-state index in [0.717, 1.165) is 10.9 Å². The lowest BCUT2D eigenvalue weighted by atomic mass is 10.1. The minimum absolute atomic E-state index is 0.663. The van der Waals surface area contributed by atoms with Gasteiger partial charge in [0.05, 0.1) is 0 Å². The molecule has 3 nitrogen and oxygen atoms in total. The largest absolute Gasteiger partial charge is 0.303 e. The summed E-state index contributed by atoms with van der Waals surface area (Å²) < 4.78 is 2.44. The second-order valence-corrected chi connectivity index (χ2v) is 7.59. The van der Waals surface area contributed by atoms with Gasteiger partial charge in [-0.05, 0) is 42.0 Å². The van der Waals surface area contributed by atoms with E-state index in [4.69, 9.17) is 0 Å². The number of hydrogen-bond acceptors (Lipinski definition) is 3. The minimum atomic E-state index is 0.663. The number of nitrogens with zero attached hydrogens (tertiary/aromatic N) is 3. The first kappa shape index (κ1) is 13.6. The van der Waals surface area contributed by atoms with Gasteiger partial charge in [-0.1, -0.05) is 54.2 Å². The van der Waals surface area contributed by atoms with Gasteiger partial charge in [0.15, 0.2) is 5.16 Å². The van der Waals surface area contributed by atoms with Gasteiger partial charge in [0.2, 0.25) is 0 Å². The highest BCUT2D eigenvalue weighted by molar-refractivity contribution is 7.98. The van der Waals surface area contributed by atoms with Crippen LogP contribution in [0.15, 0.2) is 47.6 Å². The molecule has 2 saturated carbocycles. The van der Waals surface area contributed by atoms with E-state index in [2.05, 4.69) is 57.2 Å². The maximum Gasteiger partial charge on any atom is 0.191 e. The molecule has 0 atom stereocenters. The van der Waals surface area contributed by atoms with Crippen LogP contribution in [0.4, 0.5) is 0 Å². The van der Waals surface area contributed by atoms with Gasteiger partial charge in [0.25, 0.3) is 0 Å². The molecule has 5 rings (SSSR count). The van der Waals surface area contributed by atoms with Crippen molar-refractivity contribution in [2.45, 2.75) is 48.6 Å². The summed E-state index contributed by atoms with van der Waals surface area (Å²) in [5.74, 6) is 2.87. The zero-order valence-electron chi connectivity index (χ0n) is 13.0. The first-order valence-corrected chi connectivity index (χ1v) is 9.43. The normalized spacial score (nSPS) is 17.7. The summed E-state index contributed by atoms with van der Waals surface area (Å²) in [5, 5.41) is 12.8. The zero-order chi connectivity index (χ0) is 15.2. The molecule has 2 aliphatic carbocycles. The molecule has 23 heavy (non-hydrogen) atoms. The van der Waals surface area contributed by atoms with Gasteiger partial charge in [-0.15, -0.1) is 10.2 Å². The van der Waals surface area contributed by atoms with Gasteiger partial charge in [0.1, 0.15) is 5.82 Å². The lowest BCUT2D eigenvalue weighted by molar-refractivity contribution is 0.627. The Morgan fingerprint density at radius 2 is 1.78 bits per heavy atom. The predicted octanol–water partition coefficient (Wildman–Crippen LogP) is 4.94. The van der Waals surface area contributed by atoms with E-state index in [0.29, 0.717) is 12.0 Å². The van der Waals surface area contributed by atoms with Gasteiger partial charge >= 0.3 is 0 Å². The first-order valence-electron chi connectivity index (χ1n) is 8.44. The van der Waals surface area contributed by atoms with Crippen molar-refractivity contribution in [2.24, 2.45) is 0 Å². The third kappa shape index (κ3) is 2.55. The second-order valence-electron chi connectivity index (χ2n) is 6.64. The monoisotopic (exact) mass is 321 g/mol. The molecule has 2 fully saturated rings. The summed E-state index contributed by atoms with van der Waals surface area (Å²) in [5.41, 5.74) is 1.38. The molecule has 2 aliphatic rings. The molecule has 4 heteroatoms. The molecule has 116 valence electrons. The molecule has 1 aromatic heterocycles. The Kier molecular flexibility index (Phi) is 3.18. The van der Waals surface area contributed by atoms with Crippen molar-refractivity contribution in [3.05, 3.63) is 53.9 Å². The van der Waals surface area contributed by atoms with Crippen LogP contribution in [-0.2, 0) is 5.75 Å². The van der Waals surface area contributed by atoms with Crippen LogP contribution >= 0.6 is 11.8 Å². The topological polar surface area (TPSA) is 30.7 Å². The van der Waals surface area contributed by atoms with Gasteiger partial charge in [-0.2, -0.15) is 0 Å². The van der Waals surface area contributed by atoms with Crippen LogP contribution in [0.25, 0.3) is 10.8 Å². The van der Waals surface area contributed by atoms with E-state index < -0.39 is 0 Å². The molecule has 0 amide bonds. The number of rotatable bonds is 5. The molecule has 2 aromatic carbocycles. The third-order valence-electron chi connectivity index (χ3n) is 4.78. The summed E-state index contributed by atoms with van der Waals surface area (Å²) in [7, 11) is 0. The van der Waals surface area contributed by atoms with Crippen LogP contribution in [-0.4, -0.2) is 14.8 Å². The van der Waals surface area contributed by atoms with E-state index in [9.17, 15) is 0 Å². The average molecular weight is 321 g/mol. The highest BCUT2D eigenvalue weighted by Gasteiger charge is 2.36. The smallest absolute Gasteiger partial charge is 0.191 e. The molecule has 3 aromatic rings. The number of hydrogen-bond donors (Lipinski definition) is 0. The fourth-order valence-electron chi connectivity index (χ4n) is 3.24. The first-order chi connectivity index (χ1) is 11.4. The number of thioether (sulfide) groups is 1. The summed E-state index contributed by atoms with van der Waals surface area (Å²) in [6.07, 6.45) is 5.16. The Morgan fingerprint density at radius 1 is 0.957 bits per heavy atom. The average Bonchev–Trinajstić information content (AvgIpc) is 3.51. The highest BCUT2D eigenvalue weighted by Crippen LogP contribution is 2.46. The van der Waals surface area contributed by atoms with Gasteiger partial charge in [0, 0.05) is 17.7 Å². The Balaban J connectivity index is 1.44. The molecule has 0 radical (unpaired) electrons. The van der Waals surface area contributed by atoms with Crippen molar-refractivity contribution in [3.63, 3.8) is 0 Å². The van der Waals surface area contributed by atoms with Crippen LogP contribution in [0.5, 0.6) is 0 Å². The summed E-state index contributed by atoms with van der Waals surface area (Å²) in [4.78, 5) is 0. The maximum absolute atomic E-state index is 4.51. The molecule has 0 unspecified atom stereocenters. The molecule has 0 aliphatic heterocycles. The Bertz CT molecular complexity index is 857. The zero-order valence-corrected chi connectivity index (χ0v) is 13.8. The van der Waals surface area contributed by atoms with E-state index >= 15 is 0 Å².